The van der Waals surface area contributed by atoms with E-state index in [1.54, 1.807) is 7.11 Å². The molecule has 13 heavy (non-hydrogen) atoms. The minimum atomic E-state index is -0.744. The second-order valence-corrected chi connectivity index (χ2v) is 3.33. The van der Waals surface area contributed by atoms with Crippen LogP contribution in [0.1, 0.15) is 26.2 Å². The number of carbonyl (C=O) groups excluding carboxylic acids is 1. The molecule has 2 unspecified atom stereocenters. The number of hydrogen-bond acceptors (Lipinski definition) is 4. The van der Waals surface area contributed by atoms with E-state index in [1.165, 1.54) is 7.11 Å². The molecule has 1 rings (SSSR count). The molecular weight excluding hydrogens is 172 g/mol. The van der Waals surface area contributed by atoms with Crippen molar-refractivity contribution in [2.75, 3.05) is 14.2 Å². The lowest BCUT2D eigenvalue weighted by Gasteiger charge is -2.25. The number of rotatable bonds is 3. The third-order valence-electron chi connectivity index (χ3n) is 2.36. The van der Waals surface area contributed by atoms with Gasteiger partial charge in [0.25, 0.3) is 0 Å². The Kier molecular flexibility index (Phi) is 3.27. The summed E-state index contributed by atoms with van der Waals surface area (Å²) in [5.74, 6) is -1.04. The summed E-state index contributed by atoms with van der Waals surface area (Å²) in [6.07, 6.45) is 2.00. The average Bonchev–Trinajstić information content (AvgIpc) is 2.48. The number of methoxy groups -OCH3 is 2. The van der Waals surface area contributed by atoms with E-state index < -0.39 is 5.79 Å². The fraction of sp³-hybridized carbons (Fsp3) is 0.889. The third kappa shape index (κ3) is 2.42. The second-order valence-electron chi connectivity index (χ2n) is 3.33. The van der Waals surface area contributed by atoms with E-state index in [9.17, 15) is 4.79 Å². The predicted octanol–water partition coefficient (Wildman–Crippen LogP) is 1.09. The van der Waals surface area contributed by atoms with Crippen LogP contribution in [0.2, 0.25) is 0 Å². The SMILES string of the molecule is COC(=O)CC1(OC)CCC(C)O1. The molecule has 4 nitrogen and oxygen atoms in total. The monoisotopic (exact) mass is 188 g/mol. The molecule has 1 heterocycles. The largest absolute Gasteiger partial charge is 0.469 e. The maximum atomic E-state index is 11.1. The van der Waals surface area contributed by atoms with Crippen molar-refractivity contribution in [2.45, 2.75) is 38.1 Å². The zero-order valence-corrected chi connectivity index (χ0v) is 8.33. The van der Waals surface area contributed by atoms with Crippen molar-refractivity contribution in [3.63, 3.8) is 0 Å². The Morgan fingerprint density at radius 1 is 1.62 bits per heavy atom. The summed E-state index contributed by atoms with van der Waals surface area (Å²) in [7, 11) is 2.92. The van der Waals surface area contributed by atoms with E-state index in [0.29, 0.717) is 0 Å². The first-order valence-corrected chi connectivity index (χ1v) is 4.41. The van der Waals surface area contributed by atoms with Gasteiger partial charge in [0.15, 0.2) is 5.79 Å². The van der Waals surface area contributed by atoms with E-state index in [2.05, 4.69) is 4.74 Å². The van der Waals surface area contributed by atoms with Crippen LogP contribution in [-0.4, -0.2) is 32.1 Å². The highest BCUT2D eigenvalue weighted by Crippen LogP contribution is 2.33. The molecule has 0 aromatic heterocycles. The lowest BCUT2D eigenvalue weighted by molar-refractivity contribution is -0.217. The van der Waals surface area contributed by atoms with Crippen molar-refractivity contribution >= 4 is 5.97 Å². The van der Waals surface area contributed by atoms with Crippen LogP contribution in [-0.2, 0) is 19.0 Å². The Morgan fingerprint density at radius 3 is 2.69 bits per heavy atom. The van der Waals surface area contributed by atoms with E-state index in [1.807, 2.05) is 6.92 Å². The summed E-state index contributed by atoms with van der Waals surface area (Å²) in [6, 6.07) is 0. The van der Waals surface area contributed by atoms with Gasteiger partial charge in [-0.2, -0.15) is 0 Å². The maximum absolute atomic E-state index is 11.1. The quantitative estimate of drug-likeness (QED) is 0.622. The highest BCUT2D eigenvalue weighted by atomic mass is 16.7. The molecule has 0 aromatic carbocycles. The molecule has 0 aromatic rings. The fourth-order valence-corrected chi connectivity index (χ4v) is 1.55. The standard InChI is InChI=1S/C9H16O4/c1-7-4-5-9(12-3,13-7)6-8(10)11-2/h7H,4-6H2,1-3H3. The highest BCUT2D eigenvalue weighted by molar-refractivity contribution is 5.70. The normalized spacial score (nSPS) is 33.3. The third-order valence-corrected chi connectivity index (χ3v) is 2.36. The summed E-state index contributed by atoms with van der Waals surface area (Å²) in [5.41, 5.74) is 0. The van der Waals surface area contributed by atoms with Gasteiger partial charge in [0.1, 0.15) is 0 Å². The average molecular weight is 188 g/mol. The maximum Gasteiger partial charge on any atom is 0.310 e. The molecule has 1 fully saturated rings. The van der Waals surface area contributed by atoms with E-state index in [-0.39, 0.29) is 18.5 Å². The minimum Gasteiger partial charge on any atom is -0.469 e. The van der Waals surface area contributed by atoms with Crippen LogP contribution >= 0.6 is 0 Å². The molecule has 2 atom stereocenters. The number of ether oxygens (including phenoxy) is 3. The summed E-state index contributed by atoms with van der Waals surface area (Å²) >= 11 is 0. The zero-order chi connectivity index (χ0) is 9.90. The molecule has 4 heteroatoms. The molecule has 1 saturated heterocycles. The van der Waals surface area contributed by atoms with Gasteiger partial charge in [0, 0.05) is 13.5 Å². The van der Waals surface area contributed by atoms with Gasteiger partial charge in [-0.15, -0.1) is 0 Å². The van der Waals surface area contributed by atoms with Crippen molar-refractivity contribution in [1.82, 2.24) is 0 Å². The van der Waals surface area contributed by atoms with Crippen LogP contribution in [0, 0.1) is 0 Å². The number of esters is 1. The zero-order valence-electron chi connectivity index (χ0n) is 8.33. The molecule has 1 aliphatic rings. The summed E-state index contributed by atoms with van der Waals surface area (Å²) < 4.78 is 15.3. The molecule has 0 amide bonds. The molecule has 0 radical (unpaired) electrons. The van der Waals surface area contributed by atoms with Crippen LogP contribution in [0.3, 0.4) is 0 Å². The molecule has 0 bridgehead atoms. The molecule has 1 aliphatic heterocycles. The Balaban J connectivity index is 2.55. The van der Waals surface area contributed by atoms with Gasteiger partial charge in [0.2, 0.25) is 0 Å². The first-order valence-electron chi connectivity index (χ1n) is 4.41. The smallest absolute Gasteiger partial charge is 0.310 e. The second kappa shape index (κ2) is 4.07. The van der Waals surface area contributed by atoms with Gasteiger partial charge >= 0.3 is 5.97 Å². The van der Waals surface area contributed by atoms with Crippen molar-refractivity contribution in [3.05, 3.63) is 0 Å². The molecule has 0 spiro atoms. The summed E-state index contributed by atoms with van der Waals surface area (Å²) in [4.78, 5) is 11.1. The first-order chi connectivity index (χ1) is 6.12. The lowest BCUT2D eigenvalue weighted by Crippen LogP contribution is -2.34. The van der Waals surface area contributed by atoms with Crippen molar-refractivity contribution < 1.29 is 19.0 Å². The van der Waals surface area contributed by atoms with Gasteiger partial charge in [-0.05, 0) is 13.3 Å². The van der Waals surface area contributed by atoms with Gasteiger partial charge in [-0.25, -0.2) is 0 Å². The van der Waals surface area contributed by atoms with Gasteiger partial charge < -0.3 is 14.2 Å². The molecule has 0 N–H and O–H groups in total. The topological polar surface area (TPSA) is 44.8 Å². The van der Waals surface area contributed by atoms with Gasteiger partial charge in [-0.1, -0.05) is 0 Å². The number of carbonyl (C=O) groups is 1. The number of hydrogen-bond donors (Lipinski definition) is 0. The van der Waals surface area contributed by atoms with E-state index in [4.69, 9.17) is 9.47 Å². The van der Waals surface area contributed by atoms with Gasteiger partial charge in [-0.3, -0.25) is 4.79 Å². The summed E-state index contributed by atoms with van der Waals surface area (Å²) in [5, 5.41) is 0. The summed E-state index contributed by atoms with van der Waals surface area (Å²) in [6.45, 7) is 1.97. The van der Waals surface area contributed by atoms with Crippen molar-refractivity contribution in [3.8, 4) is 0 Å². The molecular formula is C9H16O4. The van der Waals surface area contributed by atoms with Crippen molar-refractivity contribution in [1.29, 1.82) is 0 Å². The van der Waals surface area contributed by atoms with Crippen LogP contribution in [0.15, 0.2) is 0 Å². The molecule has 76 valence electrons. The Labute approximate surface area is 78.2 Å². The van der Waals surface area contributed by atoms with Crippen LogP contribution in [0.4, 0.5) is 0 Å². The van der Waals surface area contributed by atoms with Crippen molar-refractivity contribution in [2.24, 2.45) is 0 Å². The minimum absolute atomic E-state index is 0.157. The highest BCUT2D eigenvalue weighted by Gasteiger charge is 2.40. The Hall–Kier alpha value is -0.610. The van der Waals surface area contributed by atoms with Crippen LogP contribution in [0.25, 0.3) is 0 Å². The molecule has 0 aliphatic carbocycles. The van der Waals surface area contributed by atoms with Crippen LogP contribution < -0.4 is 0 Å². The molecule has 0 saturated carbocycles. The van der Waals surface area contributed by atoms with Crippen LogP contribution in [0.5, 0.6) is 0 Å². The first kappa shape index (κ1) is 10.5. The Morgan fingerprint density at radius 2 is 2.31 bits per heavy atom. The Bertz CT molecular complexity index is 192. The van der Waals surface area contributed by atoms with E-state index in [0.717, 1.165) is 12.8 Å². The van der Waals surface area contributed by atoms with E-state index >= 15 is 0 Å². The predicted molar refractivity (Wildman–Crippen MR) is 46.2 cm³/mol. The lowest BCUT2D eigenvalue weighted by atomic mass is 10.1. The fourth-order valence-electron chi connectivity index (χ4n) is 1.55. The van der Waals surface area contributed by atoms with Gasteiger partial charge in [0.05, 0.1) is 19.6 Å².